The second-order valence-electron chi connectivity index (χ2n) is 6.93. The first-order valence-electron chi connectivity index (χ1n) is 9.93. The molecule has 0 bridgehead atoms. The molecule has 0 aliphatic rings. The molecule has 0 saturated heterocycles. The van der Waals surface area contributed by atoms with Crippen LogP contribution in [0.4, 0.5) is 10.1 Å². The van der Waals surface area contributed by atoms with Crippen molar-refractivity contribution in [2.75, 3.05) is 18.2 Å². The highest BCUT2D eigenvalue weighted by Gasteiger charge is 2.18. The largest absolute Gasteiger partial charge is 0.497 e. The maximum absolute atomic E-state index is 14.5. The number of halogens is 1. The number of nitrogens with one attached hydrogen (secondary N) is 1. The van der Waals surface area contributed by atoms with Gasteiger partial charge in [-0.3, -0.25) is 9.36 Å². The van der Waals surface area contributed by atoms with Crippen molar-refractivity contribution in [3.05, 3.63) is 90.2 Å². The lowest BCUT2D eigenvalue weighted by Crippen LogP contribution is -2.15. The molecule has 0 radical (unpaired) electrons. The van der Waals surface area contributed by atoms with Crippen molar-refractivity contribution in [1.29, 1.82) is 0 Å². The summed E-state index contributed by atoms with van der Waals surface area (Å²) in [5, 5.41) is 11.9. The smallest absolute Gasteiger partial charge is 0.234 e. The van der Waals surface area contributed by atoms with E-state index in [9.17, 15) is 9.18 Å². The van der Waals surface area contributed by atoms with Gasteiger partial charge in [0.1, 0.15) is 11.6 Å². The first-order valence-corrected chi connectivity index (χ1v) is 10.9. The number of ether oxygens (including phenoxy) is 1. The van der Waals surface area contributed by atoms with Gasteiger partial charge in [-0.2, -0.15) is 0 Å². The molecular formula is C24H21FN4O2S. The molecule has 4 aromatic rings. The summed E-state index contributed by atoms with van der Waals surface area (Å²) in [7, 11) is 1.57. The lowest BCUT2D eigenvalue weighted by Gasteiger charge is -2.11. The highest BCUT2D eigenvalue weighted by molar-refractivity contribution is 7.99. The summed E-state index contributed by atoms with van der Waals surface area (Å²) in [6, 6.07) is 23.4. The number of rotatable bonds is 8. The molecule has 4 rings (SSSR count). The molecular weight excluding hydrogens is 427 g/mol. The van der Waals surface area contributed by atoms with E-state index in [0.717, 1.165) is 5.56 Å². The molecule has 3 aromatic carbocycles. The molecule has 8 heteroatoms. The standard InChI is InChI=1S/C24H21FN4O2S/c1-31-19-11-7-10-18(14-19)26-22(30)16-32-24-28-27-23(20-12-5-6-13-21(20)25)29(24)15-17-8-3-2-4-9-17/h2-14H,15-16H2,1H3,(H,26,30). The fraction of sp³-hybridized carbons (Fsp3) is 0.125. The van der Waals surface area contributed by atoms with E-state index >= 15 is 0 Å². The van der Waals surface area contributed by atoms with Crippen LogP contribution in [0.25, 0.3) is 11.4 Å². The molecule has 0 aliphatic carbocycles. The third-order valence-corrected chi connectivity index (χ3v) is 5.67. The van der Waals surface area contributed by atoms with Crippen molar-refractivity contribution in [3.8, 4) is 17.1 Å². The summed E-state index contributed by atoms with van der Waals surface area (Å²) in [5.74, 6) is 0.642. The van der Waals surface area contributed by atoms with E-state index in [2.05, 4.69) is 15.5 Å². The predicted molar refractivity (Wildman–Crippen MR) is 123 cm³/mol. The molecule has 162 valence electrons. The Morgan fingerprint density at radius 3 is 2.59 bits per heavy atom. The second-order valence-corrected chi connectivity index (χ2v) is 7.87. The molecule has 1 aromatic heterocycles. The van der Waals surface area contributed by atoms with E-state index in [-0.39, 0.29) is 17.5 Å². The van der Waals surface area contributed by atoms with Crippen LogP contribution in [-0.4, -0.2) is 33.5 Å². The van der Waals surface area contributed by atoms with E-state index in [0.29, 0.717) is 34.5 Å². The van der Waals surface area contributed by atoms with Gasteiger partial charge < -0.3 is 10.1 Å². The van der Waals surface area contributed by atoms with Crippen LogP contribution in [-0.2, 0) is 11.3 Å². The summed E-state index contributed by atoms with van der Waals surface area (Å²) >= 11 is 1.25. The average molecular weight is 449 g/mol. The van der Waals surface area contributed by atoms with Crippen LogP contribution in [0, 0.1) is 5.82 Å². The first-order chi connectivity index (χ1) is 15.6. The van der Waals surface area contributed by atoms with Gasteiger partial charge in [-0.1, -0.05) is 60.3 Å². The Morgan fingerprint density at radius 1 is 1.03 bits per heavy atom. The molecule has 6 nitrogen and oxygen atoms in total. The third kappa shape index (κ3) is 5.15. The van der Waals surface area contributed by atoms with E-state index in [4.69, 9.17) is 4.74 Å². The van der Waals surface area contributed by atoms with Gasteiger partial charge in [0.2, 0.25) is 5.91 Å². The van der Waals surface area contributed by atoms with Crippen molar-refractivity contribution < 1.29 is 13.9 Å². The van der Waals surface area contributed by atoms with E-state index in [1.165, 1.54) is 17.8 Å². The number of methoxy groups -OCH3 is 1. The molecule has 0 fully saturated rings. The van der Waals surface area contributed by atoms with Gasteiger partial charge in [0.15, 0.2) is 11.0 Å². The van der Waals surface area contributed by atoms with Crippen LogP contribution in [0.5, 0.6) is 5.75 Å². The van der Waals surface area contributed by atoms with Gasteiger partial charge in [-0.05, 0) is 29.8 Å². The van der Waals surface area contributed by atoms with Crippen LogP contribution in [0.2, 0.25) is 0 Å². The van der Waals surface area contributed by atoms with Crippen LogP contribution in [0.1, 0.15) is 5.56 Å². The fourth-order valence-corrected chi connectivity index (χ4v) is 3.91. The number of anilines is 1. The number of carbonyl (C=O) groups excluding carboxylic acids is 1. The molecule has 0 aliphatic heterocycles. The summed E-state index contributed by atoms with van der Waals surface area (Å²) in [6.07, 6.45) is 0. The monoisotopic (exact) mass is 448 g/mol. The Kier molecular flexibility index (Phi) is 6.81. The zero-order chi connectivity index (χ0) is 22.3. The average Bonchev–Trinajstić information content (AvgIpc) is 3.21. The normalized spacial score (nSPS) is 10.7. The van der Waals surface area contributed by atoms with Gasteiger partial charge in [-0.15, -0.1) is 10.2 Å². The first kappa shape index (κ1) is 21.6. The van der Waals surface area contributed by atoms with Gasteiger partial charge >= 0.3 is 0 Å². The lowest BCUT2D eigenvalue weighted by molar-refractivity contribution is -0.113. The molecule has 1 amide bonds. The Bertz CT molecular complexity index is 1210. The molecule has 1 heterocycles. The summed E-state index contributed by atoms with van der Waals surface area (Å²) in [6.45, 7) is 0.456. The van der Waals surface area contributed by atoms with Crippen molar-refractivity contribution in [2.24, 2.45) is 0 Å². The Labute approximate surface area is 189 Å². The van der Waals surface area contributed by atoms with Gasteiger partial charge in [0, 0.05) is 11.8 Å². The maximum Gasteiger partial charge on any atom is 0.234 e. The molecule has 0 atom stereocenters. The molecule has 0 spiro atoms. The Morgan fingerprint density at radius 2 is 1.81 bits per heavy atom. The zero-order valence-electron chi connectivity index (χ0n) is 17.4. The van der Waals surface area contributed by atoms with Crippen molar-refractivity contribution in [1.82, 2.24) is 14.8 Å². The molecule has 32 heavy (non-hydrogen) atoms. The number of carbonyl (C=O) groups is 1. The minimum Gasteiger partial charge on any atom is -0.497 e. The number of hydrogen-bond acceptors (Lipinski definition) is 5. The van der Waals surface area contributed by atoms with Crippen molar-refractivity contribution in [2.45, 2.75) is 11.7 Å². The van der Waals surface area contributed by atoms with Gasteiger partial charge in [0.05, 0.1) is 25.0 Å². The number of aromatic nitrogens is 3. The van der Waals surface area contributed by atoms with E-state index in [1.807, 2.05) is 34.9 Å². The summed E-state index contributed by atoms with van der Waals surface area (Å²) < 4.78 is 21.5. The predicted octanol–water partition coefficient (Wildman–Crippen LogP) is 4.87. The van der Waals surface area contributed by atoms with Crippen LogP contribution in [0.15, 0.2) is 84.0 Å². The molecule has 1 N–H and O–H groups in total. The topological polar surface area (TPSA) is 69.0 Å². The molecule has 0 saturated carbocycles. The van der Waals surface area contributed by atoms with Crippen molar-refractivity contribution >= 4 is 23.4 Å². The van der Waals surface area contributed by atoms with Gasteiger partial charge in [-0.25, -0.2) is 4.39 Å². The molecule has 0 unspecified atom stereocenters. The number of amides is 1. The van der Waals surface area contributed by atoms with Crippen LogP contribution >= 0.6 is 11.8 Å². The minimum atomic E-state index is -0.374. The number of thioether (sulfide) groups is 1. The lowest BCUT2D eigenvalue weighted by atomic mass is 10.2. The number of benzene rings is 3. The zero-order valence-corrected chi connectivity index (χ0v) is 18.2. The Balaban J connectivity index is 1.55. The number of nitrogens with zero attached hydrogens (tertiary/aromatic N) is 3. The SMILES string of the molecule is COc1cccc(NC(=O)CSc2nnc(-c3ccccc3F)n2Cc2ccccc2)c1. The second kappa shape index (κ2) is 10.1. The van der Waals surface area contributed by atoms with E-state index < -0.39 is 0 Å². The highest BCUT2D eigenvalue weighted by Crippen LogP contribution is 2.27. The maximum atomic E-state index is 14.5. The third-order valence-electron chi connectivity index (χ3n) is 4.70. The van der Waals surface area contributed by atoms with Crippen LogP contribution < -0.4 is 10.1 Å². The minimum absolute atomic E-state index is 0.126. The van der Waals surface area contributed by atoms with Gasteiger partial charge in [0.25, 0.3) is 0 Å². The number of hydrogen-bond donors (Lipinski definition) is 1. The summed E-state index contributed by atoms with van der Waals surface area (Å²) in [5.41, 5.74) is 2.03. The Hall–Kier alpha value is -3.65. The van der Waals surface area contributed by atoms with Crippen LogP contribution in [0.3, 0.4) is 0 Å². The quantitative estimate of drug-likeness (QED) is 0.390. The summed E-state index contributed by atoms with van der Waals surface area (Å²) in [4.78, 5) is 12.5. The van der Waals surface area contributed by atoms with E-state index in [1.54, 1.807) is 49.6 Å². The fourth-order valence-electron chi connectivity index (χ4n) is 3.17. The van der Waals surface area contributed by atoms with Crippen molar-refractivity contribution in [3.63, 3.8) is 0 Å². The highest BCUT2D eigenvalue weighted by atomic mass is 32.2.